The Bertz CT molecular complexity index is 1300. The fraction of sp³-hybridized carbons (Fsp3) is 0.231. The Hall–Kier alpha value is -3.85. The first-order valence-electron chi connectivity index (χ1n) is 11.2. The monoisotopic (exact) mass is 493 g/mol. The van der Waals surface area contributed by atoms with Gasteiger partial charge in [-0.15, -0.1) is 0 Å². The van der Waals surface area contributed by atoms with Crippen molar-refractivity contribution in [1.29, 1.82) is 0 Å². The van der Waals surface area contributed by atoms with Crippen LogP contribution in [0.3, 0.4) is 0 Å². The fourth-order valence-electron chi connectivity index (χ4n) is 3.91. The van der Waals surface area contributed by atoms with Gasteiger partial charge in [0.25, 0.3) is 15.9 Å². The molecule has 0 atom stereocenters. The molecule has 1 N–H and O–H groups in total. The van der Waals surface area contributed by atoms with Gasteiger partial charge in [-0.05, 0) is 79.7 Å². The zero-order valence-electron chi connectivity index (χ0n) is 19.6. The minimum absolute atomic E-state index is 0.0299. The molecule has 0 saturated carbocycles. The Kier molecular flexibility index (Phi) is 7.07. The van der Waals surface area contributed by atoms with E-state index in [2.05, 4.69) is 9.62 Å². The quantitative estimate of drug-likeness (QED) is 0.505. The summed E-state index contributed by atoms with van der Waals surface area (Å²) in [7, 11) is -2.25. The molecule has 1 aliphatic heterocycles. The molecule has 1 saturated heterocycles. The van der Waals surface area contributed by atoms with Crippen molar-refractivity contribution in [2.75, 3.05) is 42.9 Å². The van der Waals surface area contributed by atoms with Crippen molar-refractivity contribution in [3.63, 3.8) is 0 Å². The molecule has 0 aromatic heterocycles. The number of carbonyl (C=O) groups is 2. The summed E-state index contributed by atoms with van der Waals surface area (Å²) in [6, 6.07) is 20.0. The molecule has 0 unspecified atom stereocenters. The van der Waals surface area contributed by atoms with Crippen LogP contribution in [0.25, 0.3) is 0 Å². The van der Waals surface area contributed by atoms with E-state index in [1.165, 1.54) is 31.4 Å². The van der Waals surface area contributed by atoms with Crippen molar-refractivity contribution in [3.05, 3.63) is 83.9 Å². The van der Waals surface area contributed by atoms with E-state index >= 15 is 0 Å². The lowest BCUT2D eigenvalue weighted by molar-refractivity contribution is 0.0746. The van der Waals surface area contributed by atoms with Gasteiger partial charge in [0.05, 0.1) is 12.0 Å². The molecule has 1 fully saturated rings. The number of benzene rings is 3. The predicted octanol–water partition coefficient (Wildman–Crippen LogP) is 3.66. The fourth-order valence-corrected chi connectivity index (χ4v) is 4.97. The van der Waals surface area contributed by atoms with Crippen molar-refractivity contribution < 1.29 is 22.7 Å². The van der Waals surface area contributed by atoms with Crippen molar-refractivity contribution >= 4 is 33.1 Å². The highest BCUT2D eigenvalue weighted by atomic mass is 32.2. The van der Waals surface area contributed by atoms with Gasteiger partial charge in [-0.25, -0.2) is 8.42 Å². The molecule has 0 radical (unpaired) electrons. The molecule has 0 bridgehead atoms. The average molecular weight is 494 g/mol. The normalized spacial score (nSPS) is 13.9. The molecule has 4 rings (SSSR count). The van der Waals surface area contributed by atoms with E-state index < -0.39 is 10.0 Å². The number of rotatable bonds is 7. The number of Topliss-reactive ketones (excluding diaryl/α,β-unsaturated/α-hetero) is 1. The van der Waals surface area contributed by atoms with Crippen molar-refractivity contribution in [2.45, 2.75) is 11.8 Å². The highest BCUT2D eigenvalue weighted by Gasteiger charge is 2.23. The van der Waals surface area contributed by atoms with Crippen molar-refractivity contribution in [3.8, 4) is 5.75 Å². The molecule has 8 nitrogen and oxygen atoms in total. The van der Waals surface area contributed by atoms with Gasteiger partial charge in [0.1, 0.15) is 5.75 Å². The molecule has 0 aliphatic carbocycles. The van der Waals surface area contributed by atoms with Gasteiger partial charge in [-0.3, -0.25) is 14.3 Å². The van der Waals surface area contributed by atoms with Crippen LogP contribution < -0.4 is 14.4 Å². The number of anilines is 2. The van der Waals surface area contributed by atoms with Gasteiger partial charge in [-0.1, -0.05) is 0 Å². The summed E-state index contributed by atoms with van der Waals surface area (Å²) in [6.07, 6.45) is 0. The van der Waals surface area contributed by atoms with Crippen LogP contribution in [-0.2, 0) is 10.0 Å². The largest absolute Gasteiger partial charge is 0.497 e. The molecular weight excluding hydrogens is 466 g/mol. The van der Waals surface area contributed by atoms with E-state index in [1.807, 2.05) is 24.3 Å². The number of methoxy groups -OCH3 is 1. The Balaban J connectivity index is 1.36. The van der Waals surface area contributed by atoms with Crippen molar-refractivity contribution in [1.82, 2.24) is 4.90 Å². The van der Waals surface area contributed by atoms with Crippen LogP contribution in [0.1, 0.15) is 27.6 Å². The number of ether oxygens (including phenoxy) is 1. The summed E-state index contributed by atoms with van der Waals surface area (Å²) in [5.41, 5.74) is 2.54. The first-order valence-corrected chi connectivity index (χ1v) is 12.7. The van der Waals surface area contributed by atoms with E-state index in [1.54, 1.807) is 36.1 Å². The third kappa shape index (κ3) is 5.63. The van der Waals surface area contributed by atoms with E-state index in [0.717, 1.165) is 5.69 Å². The summed E-state index contributed by atoms with van der Waals surface area (Å²) < 4.78 is 33.0. The highest BCUT2D eigenvalue weighted by Crippen LogP contribution is 2.21. The van der Waals surface area contributed by atoms with E-state index in [9.17, 15) is 18.0 Å². The summed E-state index contributed by atoms with van der Waals surface area (Å²) in [6.45, 7) is 3.98. The van der Waals surface area contributed by atoms with Gasteiger partial charge < -0.3 is 14.5 Å². The lowest BCUT2D eigenvalue weighted by atomic mass is 10.1. The summed E-state index contributed by atoms with van der Waals surface area (Å²) in [4.78, 5) is 28.4. The number of piperazine rings is 1. The zero-order chi connectivity index (χ0) is 25.0. The van der Waals surface area contributed by atoms with Gasteiger partial charge in [0, 0.05) is 48.7 Å². The lowest BCUT2D eigenvalue weighted by Gasteiger charge is -2.36. The number of hydrogen-bond acceptors (Lipinski definition) is 6. The number of ketones is 1. The molecule has 1 amide bonds. The molecule has 9 heteroatoms. The van der Waals surface area contributed by atoms with E-state index in [-0.39, 0.29) is 16.6 Å². The molecule has 35 heavy (non-hydrogen) atoms. The smallest absolute Gasteiger partial charge is 0.261 e. The van der Waals surface area contributed by atoms with Crippen LogP contribution in [-0.4, -0.2) is 58.3 Å². The van der Waals surface area contributed by atoms with Gasteiger partial charge in [0.15, 0.2) is 5.78 Å². The minimum Gasteiger partial charge on any atom is -0.497 e. The molecule has 1 heterocycles. The number of carbonyl (C=O) groups excluding carboxylic acids is 2. The molecule has 0 spiro atoms. The molecule has 182 valence electrons. The number of hydrogen-bond donors (Lipinski definition) is 1. The molecule has 3 aromatic rings. The molecule has 3 aromatic carbocycles. The second kappa shape index (κ2) is 10.2. The van der Waals surface area contributed by atoms with Crippen LogP contribution in [0.5, 0.6) is 5.75 Å². The Morgan fingerprint density at radius 1 is 0.800 bits per heavy atom. The second-order valence-electron chi connectivity index (χ2n) is 8.24. The standard InChI is InChI=1S/C26H27N3O5S/c1-19(30)20-3-9-23(10-4-20)28-15-17-29(18-16-28)26(31)21-5-13-25(14-6-21)35(32,33)27-22-7-11-24(34-2)12-8-22/h3-14,27H,15-18H2,1-2H3. The Morgan fingerprint density at radius 2 is 1.37 bits per heavy atom. The van der Waals surface area contributed by atoms with Crippen LogP contribution in [0.2, 0.25) is 0 Å². The van der Waals surface area contributed by atoms with E-state index in [4.69, 9.17) is 4.74 Å². The number of nitrogens with zero attached hydrogens (tertiary/aromatic N) is 2. The highest BCUT2D eigenvalue weighted by molar-refractivity contribution is 7.92. The van der Waals surface area contributed by atoms with Crippen LogP contribution in [0, 0.1) is 0 Å². The summed E-state index contributed by atoms with van der Waals surface area (Å²) in [5.74, 6) is 0.522. The first kappa shape index (κ1) is 24.3. The minimum atomic E-state index is -3.79. The Morgan fingerprint density at radius 3 is 1.91 bits per heavy atom. The van der Waals surface area contributed by atoms with Gasteiger partial charge in [-0.2, -0.15) is 0 Å². The third-order valence-corrected chi connectivity index (χ3v) is 7.36. The summed E-state index contributed by atoms with van der Waals surface area (Å²) >= 11 is 0. The zero-order valence-corrected chi connectivity index (χ0v) is 20.4. The Labute approximate surface area is 205 Å². The van der Waals surface area contributed by atoms with Crippen LogP contribution in [0.4, 0.5) is 11.4 Å². The van der Waals surface area contributed by atoms with Crippen molar-refractivity contribution in [2.24, 2.45) is 0 Å². The lowest BCUT2D eigenvalue weighted by Crippen LogP contribution is -2.48. The topological polar surface area (TPSA) is 96.0 Å². The maximum absolute atomic E-state index is 13.0. The van der Waals surface area contributed by atoms with Gasteiger partial charge >= 0.3 is 0 Å². The predicted molar refractivity (Wildman–Crippen MR) is 135 cm³/mol. The third-order valence-electron chi connectivity index (χ3n) is 5.96. The molecule has 1 aliphatic rings. The first-order chi connectivity index (χ1) is 16.8. The number of sulfonamides is 1. The maximum atomic E-state index is 13.0. The van der Waals surface area contributed by atoms with E-state index in [0.29, 0.717) is 48.7 Å². The number of amides is 1. The second-order valence-corrected chi connectivity index (χ2v) is 9.92. The SMILES string of the molecule is COc1ccc(NS(=O)(=O)c2ccc(C(=O)N3CCN(c4ccc(C(C)=O)cc4)CC3)cc2)cc1. The summed E-state index contributed by atoms with van der Waals surface area (Å²) in [5, 5.41) is 0. The molecular formula is C26H27N3O5S. The van der Waals surface area contributed by atoms with Gasteiger partial charge in [0.2, 0.25) is 0 Å². The average Bonchev–Trinajstić information content (AvgIpc) is 2.89. The van der Waals surface area contributed by atoms with Crippen LogP contribution >= 0.6 is 0 Å². The maximum Gasteiger partial charge on any atom is 0.261 e. The van der Waals surface area contributed by atoms with Crippen LogP contribution in [0.15, 0.2) is 77.7 Å². The number of nitrogens with one attached hydrogen (secondary N) is 1.